The molecule has 4 rings (SSSR count). The van der Waals surface area contributed by atoms with Gasteiger partial charge in [0.25, 0.3) is 5.56 Å². The average molecular weight is 444 g/mol. The minimum absolute atomic E-state index is 0.183. The van der Waals surface area contributed by atoms with Crippen LogP contribution < -0.4 is 15.6 Å². The van der Waals surface area contributed by atoms with Crippen molar-refractivity contribution in [3.8, 4) is 22.8 Å². The van der Waals surface area contributed by atoms with Crippen LogP contribution in [0.15, 0.2) is 101 Å². The first kappa shape index (κ1) is 21.4. The van der Waals surface area contributed by atoms with Gasteiger partial charge in [0.2, 0.25) is 5.91 Å². The molecule has 4 aromatic rings. The quantitative estimate of drug-likeness (QED) is 0.404. The molecule has 1 heterocycles. The number of nitrogens with zero attached hydrogens (tertiary/aromatic N) is 2. The van der Waals surface area contributed by atoms with Gasteiger partial charge >= 0.3 is 0 Å². The molecule has 0 atom stereocenters. The Morgan fingerprint density at radius 3 is 2.28 bits per heavy atom. The van der Waals surface area contributed by atoms with Crippen LogP contribution >= 0.6 is 11.8 Å². The molecule has 0 spiro atoms. The number of benzene rings is 3. The molecule has 0 fully saturated rings. The summed E-state index contributed by atoms with van der Waals surface area (Å²) in [5.41, 5.74) is 1.78. The Morgan fingerprint density at radius 2 is 1.59 bits per heavy atom. The second-order valence-electron chi connectivity index (χ2n) is 6.93. The number of hydrogen-bond donors (Lipinski definition) is 1. The first-order chi connectivity index (χ1) is 15.6. The van der Waals surface area contributed by atoms with E-state index < -0.39 is 0 Å². The molecule has 1 aromatic heterocycles. The van der Waals surface area contributed by atoms with Crippen LogP contribution in [-0.2, 0) is 11.3 Å². The summed E-state index contributed by atoms with van der Waals surface area (Å²) in [6.07, 6.45) is 2.01. The van der Waals surface area contributed by atoms with Crippen molar-refractivity contribution in [3.05, 3.63) is 101 Å². The molecule has 6 nitrogen and oxygen atoms in total. The first-order valence-electron chi connectivity index (χ1n) is 9.96. The van der Waals surface area contributed by atoms with Crippen molar-refractivity contribution in [2.75, 3.05) is 11.6 Å². The topological polar surface area (TPSA) is 73.2 Å². The highest BCUT2D eigenvalue weighted by molar-refractivity contribution is 7.98. The summed E-state index contributed by atoms with van der Waals surface area (Å²) in [5.74, 6) is 1.05. The molecule has 1 N–H and O–H groups in total. The molecule has 0 aliphatic heterocycles. The summed E-state index contributed by atoms with van der Waals surface area (Å²) in [7, 11) is 0. The van der Waals surface area contributed by atoms with Crippen molar-refractivity contribution in [1.29, 1.82) is 0 Å². The zero-order chi connectivity index (χ0) is 22.3. The second-order valence-corrected chi connectivity index (χ2v) is 7.81. The fraction of sp³-hybridized carbons (Fsp3) is 0.0800. The lowest BCUT2D eigenvalue weighted by Crippen LogP contribution is -2.29. The highest BCUT2D eigenvalue weighted by Crippen LogP contribution is 2.23. The number of amides is 1. The van der Waals surface area contributed by atoms with Gasteiger partial charge in [-0.05, 0) is 60.9 Å². The number of thioether (sulfide) groups is 1. The van der Waals surface area contributed by atoms with Gasteiger partial charge < -0.3 is 10.1 Å². The van der Waals surface area contributed by atoms with Crippen molar-refractivity contribution in [2.24, 2.45) is 0 Å². The smallest absolute Gasteiger partial charge is 0.267 e. The number of aromatic nitrogens is 2. The molecule has 0 saturated carbocycles. The molecule has 7 heteroatoms. The number of para-hydroxylation sites is 1. The van der Waals surface area contributed by atoms with Gasteiger partial charge in [-0.1, -0.05) is 30.3 Å². The summed E-state index contributed by atoms with van der Waals surface area (Å²) in [5, 5.41) is 7.14. The van der Waals surface area contributed by atoms with E-state index in [1.807, 2.05) is 60.9 Å². The van der Waals surface area contributed by atoms with Gasteiger partial charge in [-0.15, -0.1) is 11.8 Å². The average Bonchev–Trinajstić information content (AvgIpc) is 2.82. The summed E-state index contributed by atoms with van der Waals surface area (Å²) in [6.45, 7) is -0.183. The van der Waals surface area contributed by atoms with E-state index in [0.717, 1.165) is 16.2 Å². The van der Waals surface area contributed by atoms with Crippen LogP contribution in [0.25, 0.3) is 11.3 Å². The number of anilines is 1. The van der Waals surface area contributed by atoms with Gasteiger partial charge in [-0.3, -0.25) is 9.59 Å². The maximum atomic E-state index is 12.5. The Kier molecular flexibility index (Phi) is 6.67. The van der Waals surface area contributed by atoms with Crippen LogP contribution in [-0.4, -0.2) is 21.9 Å². The van der Waals surface area contributed by atoms with Crippen LogP contribution in [0.1, 0.15) is 0 Å². The Hall–Kier alpha value is -3.84. The van der Waals surface area contributed by atoms with E-state index in [1.165, 1.54) is 10.7 Å². The van der Waals surface area contributed by atoms with Crippen LogP contribution in [0, 0.1) is 0 Å². The van der Waals surface area contributed by atoms with Crippen molar-refractivity contribution < 1.29 is 9.53 Å². The van der Waals surface area contributed by atoms with Gasteiger partial charge in [0, 0.05) is 22.2 Å². The molecule has 0 saturated heterocycles. The van der Waals surface area contributed by atoms with Crippen molar-refractivity contribution in [3.63, 3.8) is 0 Å². The van der Waals surface area contributed by atoms with E-state index in [-0.39, 0.29) is 18.0 Å². The lowest BCUT2D eigenvalue weighted by molar-refractivity contribution is -0.117. The van der Waals surface area contributed by atoms with E-state index in [1.54, 1.807) is 42.1 Å². The molecular formula is C25H21N3O3S. The fourth-order valence-electron chi connectivity index (χ4n) is 3.05. The summed E-state index contributed by atoms with van der Waals surface area (Å²) in [4.78, 5) is 25.8. The standard InChI is InChI=1S/C25H21N3O3S/c1-32-22-13-7-18(8-14-22)23-15-16-25(30)28(27-23)17-24(29)26-19-9-11-21(12-10-19)31-20-5-3-2-4-6-20/h2-16H,17H2,1H3,(H,26,29). The summed E-state index contributed by atoms with van der Waals surface area (Å²) in [6, 6.07) is 27.4. The number of rotatable bonds is 7. The molecule has 0 aliphatic rings. The zero-order valence-corrected chi connectivity index (χ0v) is 18.2. The molecule has 0 bridgehead atoms. The molecule has 1 amide bonds. The molecule has 3 aromatic carbocycles. The van der Waals surface area contributed by atoms with Gasteiger partial charge in [-0.25, -0.2) is 4.68 Å². The molecule has 0 aliphatic carbocycles. The third kappa shape index (κ3) is 5.44. The predicted molar refractivity (Wildman–Crippen MR) is 127 cm³/mol. The number of carbonyl (C=O) groups is 1. The summed E-state index contributed by atoms with van der Waals surface area (Å²) >= 11 is 1.65. The van der Waals surface area contributed by atoms with Crippen molar-refractivity contribution in [1.82, 2.24) is 9.78 Å². The number of hydrogen-bond acceptors (Lipinski definition) is 5. The van der Waals surface area contributed by atoms with Crippen molar-refractivity contribution in [2.45, 2.75) is 11.4 Å². The molecule has 0 unspecified atom stereocenters. The van der Waals surface area contributed by atoms with Gasteiger partial charge in [0.1, 0.15) is 18.0 Å². The highest BCUT2D eigenvalue weighted by Gasteiger charge is 2.09. The fourth-order valence-corrected chi connectivity index (χ4v) is 3.45. The predicted octanol–water partition coefficient (Wildman–Crippen LogP) is 5.06. The second kappa shape index (κ2) is 9.98. The SMILES string of the molecule is CSc1ccc(-c2ccc(=O)n(CC(=O)Nc3ccc(Oc4ccccc4)cc3)n2)cc1. The van der Waals surface area contributed by atoms with E-state index in [9.17, 15) is 9.59 Å². The highest BCUT2D eigenvalue weighted by atomic mass is 32.2. The minimum Gasteiger partial charge on any atom is -0.457 e. The maximum Gasteiger partial charge on any atom is 0.267 e. The Balaban J connectivity index is 1.41. The summed E-state index contributed by atoms with van der Waals surface area (Å²) < 4.78 is 6.92. The number of carbonyl (C=O) groups excluding carboxylic acids is 1. The normalized spacial score (nSPS) is 10.5. The van der Waals surface area contributed by atoms with Crippen LogP contribution in [0.5, 0.6) is 11.5 Å². The first-order valence-corrected chi connectivity index (χ1v) is 11.2. The monoisotopic (exact) mass is 443 g/mol. The van der Waals surface area contributed by atoms with Gasteiger partial charge in [-0.2, -0.15) is 5.10 Å². The molecule has 160 valence electrons. The van der Waals surface area contributed by atoms with Gasteiger partial charge in [0.05, 0.1) is 5.69 Å². The van der Waals surface area contributed by atoms with E-state index in [4.69, 9.17) is 4.74 Å². The van der Waals surface area contributed by atoms with E-state index >= 15 is 0 Å². The lowest BCUT2D eigenvalue weighted by Gasteiger charge is -2.10. The Bertz CT molecular complexity index is 1250. The van der Waals surface area contributed by atoms with E-state index in [2.05, 4.69) is 10.4 Å². The Morgan fingerprint density at radius 1 is 0.906 bits per heavy atom. The molecular weight excluding hydrogens is 422 g/mol. The van der Waals surface area contributed by atoms with Crippen LogP contribution in [0.2, 0.25) is 0 Å². The Labute approximate surface area is 189 Å². The number of ether oxygens (including phenoxy) is 1. The van der Waals surface area contributed by atoms with Crippen LogP contribution in [0.3, 0.4) is 0 Å². The van der Waals surface area contributed by atoms with Crippen LogP contribution in [0.4, 0.5) is 5.69 Å². The molecule has 32 heavy (non-hydrogen) atoms. The lowest BCUT2D eigenvalue weighted by atomic mass is 10.1. The molecule has 0 radical (unpaired) electrons. The number of nitrogens with one attached hydrogen (secondary N) is 1. The largest absolute Gasteiger partial charge is 0.457 e. The van der Waals surface area contributed by atoms with Crippen molar-refractivity contribution >= 4 is 23.4 Å². The third-order valence-corrected chi connectivity index (χ3v) is 5.41. The third-order valence-electron chi connectivity index (χ3n) is 4.66. The minimum atomic E-state index is -0.341. The maximum absolute atomic E-state index is 12.5. The van der Waals surface area contributed by atoms with Gasteiger partial charge in [0.15, 0.2) is 0 Å². The zero-order valence-electron chi connectivity index (χ0n) is 17.4. The van der Waals surface area contributed by atoms with E-state index in [0.29, 0.717) is 17.1 Å².